The van der Waals surface area contributed by atoms with Crippen molar-refractivity contribution in [3.8, 4) is 0 Å². The molecule has 0 aliphatic heterocycles. The van der Waals surface area contributed by atoms with Gasteiger partial charge in [-0.25, -0.2) is 0 Å². The van der Waals surface area contributed by atoms with Crippen LogP contribution in [0, 0.1) is 0 Å². The van der Waals surface area contributed by atoms with Gasteiger partial charge in [-0.2, -0.15) is 13.2 Å². The fraction of sp³-hybridized carbons (Fsp3) is 0.130. The van der Waals surface area contributed by atoms with E-state index in [1.165, 1.54) is 12.1 Å². The van der Waals surface area contributed by atoms with Gasteiger partial charge >= 0.3 is 6.18 Å². The SMILES string of the molecule is O[C@@H](c1ccccc1)[C@@H](C=Cc1ccc(C(F)(F)F)cc1)c1ccccc1. The Morgan fingerprint density at radius 1 is 0.704 bits per heavy atom. The Kier molecular flexibility index (Phi) is 5.77. The molecule has 0 bridgehead atoms. The van der Waals surface area contributed by atoms with E-state index in [1.54, 1.807) is 6.08 Å². The molecule has 0 aromatic heterocycles. The molecule has 3 rings (SSSR count). The topological polar surface area (TPSA) is 20.2 Å². The van der Waals surface area contributed by atoms with E-state index in [0.717, 1.165) is 23.3 Å². The maximum Gasteiger partial charge on any atom is 0.416 e. The highest BCUT2D eigenvalue weighted by Gasteiger charge is 2.29. The number of alkyl halides is 3. The molecule has 2 atom stereocenters. The van der Waals surface area contributed by atoms with Gasteiger partial charge in [0.1, 0.15) is 0 Å². The second-order valence-corrected chi connectivity index (χ2v) is 6.27. The summed E-state index contributed by atoms with van der Waals surface area (Å²) in [6.07, 6.45) is -1.54. The Bertz CT molecular complexity index is 869. The second kappa shape index (κ2) is 8.23. The Balaban J connectivity index is 1.88. The molecule has 0 amide bonds. The Labute approximate surface area is 156 Å². The van der Waals surface area contributed by atoms with E-state index in [1.807, 2.05) is 66.7 Å². The Morgan fingerprint density at radius 3 is 1.74 bits per heavy atom. The molecule has 1 N–H and O–H groups in total. The molecule has 0 fully saturated rings. The standard InChI is InChI=1S/C23H19F3O/c24-23(25,26)20-14-11-17(12-15-20)13-16-21(18-7-3-1-4-8-18)22(27)19-9-5-2-6-10-19/h1-16,21-22,27H/t21-,22-/m0/s1. The summed E-state index contributed by atoms with van der Waals surface area (Å²) in [7, 11) is 0. The van der Waals surface area contributed by atoms with Gasteiger partial charge in [0, 0.05) is 5.92 Å². The zero-order valence-electron chi connectivity index (χ0n) is 14.5. The van der Waals surface area contributed by atoms with Gasteiger partial charge < -0.3 is 5.11 Å². The van der Waals surface area contributed by atoms with Crippen molar-refractivity contribution in [3.63, 3.8) is 0 Å². The van der Waals surface area contributed by atoms with Crippen molar-refractivity contribution in [1.29, 1.82) is 0 Å². The van der Waals surface area contributed by atoms with Crippen LogP contribution in [0.5, 0.6) is 0 Å². The molecular weight excluding hydrogens is 349 g/mol. The summed E-state index contributed by atoms with van der Waals surface area (Å²) in [4.78, 5) is 0. The quantitative estimate of drug-likeness (QED) is 0.565. The maximum absolute atomic E-state index is 12.7. The molecule has 0 saturated heterocycles. The highest BCUT2D eigenvalue weighted by Crippen LogP contribution is 2.33. The fourth-order valence-electron chi connectivity index (χ4n) is 2.93. The van der Waals surface area contributed by atoms with Gasteiger partial charge in [0.25, 0.3) is 0 Å². The minimum absolute atomic E-state index is 0.323. The average molecular weight is 368 g/mol. The van der Waals surface area contributed by atoms with Gasteiger partial charge in [-0.1, -0.05) is 84.9 Å². The summed E-state index contributed by atoms with van der Waals surface area (Å²) in [5, 5.41) is 10.9. The molecule has 138 valence electrons. The van der Waals surface area contributed by atoms with Crippen molar-refractivity contribution in [2.24, 2.45) is 0 Å². The van der Waals surface area contributed by atoms with Crippen LogP contribution >= 0.6 is 0 Å². The minimum atomic E-state index is -4.35. The summed E-state index contributed by atoms with van der Waals surface area (Å²) >= 11 is 0. The molecule has 3 aromatic carbocycles. The van der Waals surface area contributed by atoms with Crippen LogP contribution in [0.15, 0.2) is 91.0 Å². The smallest absolute Gasteiger partial charge is 0.387 e. The zero-order chi connectivity index (χ0) is 19.3. The largest absolute Gasteiger partial charge is 0.416 e. The number of hydrogen-bond donors (Lipinski definition) is 1. The molecule has 3 aromatic rings. The molecule has 0 heterocycles. The predicted molar refractivity (Wildman–Crippen MR) is 101 cm³/mol. The molecule has 1 nitrogen and oxygen atoms in total. The first-order chi connectivity index (χ1) is 12.9. The van der Waals surface area contributed by atoms with Crippen LogP contribution in [-0.4, -0.2) is 5.11 Å². The number of rotatable bonds is 5. The molecule has 0 aliphatic carbocycles. The highest BCUT2D eigenvalue weighted by molar-refractivity contribution is 5.52. The molecular formula is C23H19F3O. The first-order valence-electron chi connectivity index (χ1n) is 8.58. The van der Waals surface area contributed by atoms with Crippen molar-refractivity contribution in [3.05, 3.63) is 113 Å². The summed E-state index contributed by atoms with van der Waals surface area (Å²) < 4.78 is 38.1. The molecule has 0 spiro atoms. The molecule has 27 heavy (non-hydrogen) atoms. The van der Waals surface area contributed by atoms with Crippen molar-refractivity contribution < 1.29 is 18.3 Å². The van der Waals surface area contributed by atoms with Crippen molar-refractivity contribution in [1.82, 2.24) is 0 Å². The van der Waals surface area contributed by atoms with Gasteiger partial charge in [0.2, 0.25) is 0 Å². The van der Waals surface area contributed by atoms with Crippen molar-refractivity contribution >= 4 is 6.08 Å². The number of benzene rings is 3. The van der Waals surface area contributed by atoms with Gasteiger partial charge in [-0.05, 0) is 28.8 Å². The van der Waals surface area contributed by atoms with Gasteiger partial charge in [-0.3, -0.25) is 0 Å². The second-order valence-electron chi connectivity index (χ2n) is 6.27. The highest BCUT2D eigenvalue weighted by atomic mass is 19.4. The van der Waals surface area contributed by atoms with Crippen LogP contribution < -0.4 is 0 Å². The van der Waals surface area contributed by atoms with E-state index in [4.69, 9.17) is 0 Å². The lowest BCUT2D eigenvalue weighted by molar-refractivity contribution is -0.137. The third kappa shape index (κ3) is 4.86. The average Bonchev–Trinajstić information content (AvgIpc) is 2.69. The van der Waals surface area contributed by atoms with E-state index in [0.29, 0.717) is 5.56 Å². The van der Waals surface area contributed by atoms with E-state index >= 15 is 0 Å². The molecule has 0 aliphatic rings. The Hall–Kier alpha value is -2.85. The first kappa shape index (κ1) is 18.9. The molecule has 4 heteroatoms. The molecule has 0 unspecified atom stereocenters. The van der Waals surface area contributed by atoms with Gasteiger partial charge in [-0.15, -0.1) is 0 Å². The van der Waals surface area contributed by atoms with Crippen LogP contribution in [0.25, 0.3) is 6.08 Å². The van der Waals surface area contributed by atoms with Crippen LogP contribution in [0.2, 0.25) is 0 Å². The molecule has 0 radical (unpaired) electrons. The lowest BCUT2D eigenvalue weighted by Crippen LogP contribution is -2.08. The van der Waals surface area contributed by atoms with Crippen LogP contribution in [0.1, 0.15) is 34.3 Å². The lowest BCUT2D eigenvalue weighted by atomic mass is 9.88. The summed E-state index contributed by atoms with van der Waals surface area (Å²) in [6.45, 7) is 0. The first-order valence-corrected chi connectivity index (χ1v) is 8.58. The number of aliphatic hydroxyl groups excluding tert-OH is 1. The number of halogens is 3. The van der Waals surface area contributed by atoms with Gasteiger partial charge in [0.05, 0.1) is 11.7 Å². The van der Waals surface area contributed by atoms with Crippen LogP contribution in [-0.2, 0) is 6.18 Å². The summed E-state index contributed by atoms with van der Waals surface area (Å²) in [5.74, 6) is -0.323. The minimum Gasteiger partial charge on any atom is -0.387 e. The van der Waals surface area contributed by atoms with E-state index in [2.05, 4.69) is 0 Å². The summed E-state index contributed by atoms with van der Waals surface area (Å²) in [6, 6.07) is 23.8. The van der Waals surface area contributed by atoms with Crippen LogP contribution in [0.3, 0.4) is 0 Å². The van der Waals surface area contributed by atoms with Crippen molar-refractivity contribution in [2.75, 3.05) is 0 Å². The zero-order valence-corrected chi connectivity index (χ0v) is 14.5. The van der Waals surface area contributed by atoms with E-state index in [9.17, 15) is 18.3 Å². The van der Waals surface area contributed by atoms with E-state index in [-0.39, 0.29) is 5.92 Å². The van der Waals surface area contributed by atoms with E-state index < -0.39 is 17.8 Å². The monoisotopic (exact) mass is 368 g/mol. The fourth-order valence-corrected chi connectivity index (χ4v) is 2.93. The van der Waals surface area contributed by atoms with Crippen molar-refractivity contribution in [2.45, 2.75) is 18.2 Å². The summed E-state index contributed by atoms with van der Waals surface area (Å²) in [5.41, 5.74) is 1.67. The van der Waals surface area contributed by atoms with Gasteiger partial charge in [0.15, 0.2) is 0 Å². The molecule has 0 saturated carbocycles. The third-order valence-corrected chi connectivity index (χ3v) is 4.40. The van der Waals surface area contributed by atoms with Crippen LogP contribution in [0.4, 0.5) is 13.2 Å². The Morgan fingerprint density at radius 2 is 1.22 bits per heavy atom. The number of aliphatic hydroxyl groups is 1. The maximum atomic E-state index is 12.7. The normalized spacial score (nSPS) is 14.2. The number of hydrogen-bond acceptors (Lipinski definition) is 1. The third-order valence-electron chi connectivity index (χ3n) is 4.40. The lowest BCUT2D eigenvalue weighted by Gasteiger charge is -2.21. The predicted octanol–water partition coefficient (Wildman–Crippen LogP) is 6.24.